The van der Waals surface area contributed by atoms with Crippen LogP contribution in [-0.2, 0) is 37.9 Å². The van der Waals surface area contributed by atoms with Crippen LogP contribution in [0.15, 0.2) is 0 Å². The topological polar surface area (TPSA) is 256 Å². The first-order valence-corrected chi connectivity index (χ1v) is 15.5. The zero-order valence-electron chi connectivity index (χ0n) is 26.0. The highest BCUT2D eigenvalue weighted by Crippen LogP contribution is 2.36. The summed E-state index contributed by atoms with van der Waals surface area (Å²) in [5, 5.41) is 94.8. The van der Waals surface area contributed by atoms with Crippen molar-refractivity contribution in [2.45, 2.75) is 158 Å². The fraction of sp³-hybridized carbons (Fsp3) is 1.00. The van der Waals surface area contributed by atoms with Crippen LogP contribution in [0, 0.1) is 5.92 Å². The molecule has 4 heterocycles. The summed E-state index contributed by atoms with van der Waals surface area (Å²) in [5.41, 5.74) is 0. The Morgan fingerprint density at radius 1 is 0.489 bits per heavy atom. The lowest BCUT2D eigenvalue weighted by atomic mass is 9.92. The molecule has 4 aliphatic heterocycles. The van der Waals surface area contributed by atoms with Gasteiger partial charge in [0.15, 0.2) is 25.2 Å². The van der Waals surface area contributed by atoms with Gasteiger partial charge in [0.1, 0.15) is 67.1 Å². The number of hydrogen-bond acceptors (Lipinski definition) is 17. The standard InChI is InChI=1S/C28H50O17/c1-6-7-38-25-9(2)22(15(31)11(4)39-25)43-28-24(19(35)14(30)10(3)41-28)45-27-21(37)23(16(32)12(5)40-27)44-26-20(36)18(34)17(33)13(8-29)42-26/h9-37H,6-8H2,1-5H3/t9?,10?,11?,12?,13-,14+,15+,16+,17-,18?,19-,20?,21?,22+,23-,24?,25-,26-,27+,28+/m1/s1. The minimum atomic E-state index is -1.82. The van der Waals surface area contributed by atoms with E-state index in [2.05, 4.69) is 0 Å². The summed E-state index contributed by atoms with van der Waals surface area (Å²) < 4.78 is 46.3. The third-order valence-electron chi connectivity index (χ3n) is 8.89. The van der Waals surface area contributed by atoms with Crippen molar-refractivity contribution in [1.29, 1.82) is 0 Å². The highest BCUT2D eigenvalue weighted by molar-refractivity contribution is 4.96. The van der Waals surface area contributed by atoms with Gasteiger partial charge in [-0.1, -0.05) is 13.8 Å². The molecule has 264 valence electrons. The average molecular weight is 659 g/mol. The van der Waals surface area contributed by atoms with Crippen molar-refractivity contribution in [1.82, 2.24) is 0 Å². The van der Waals surface area contributed by atoms with Crippen LogP contribution in [0.2, 0.25) is 0 Å². The lowest BCUT2D eigenvalue weighted by Gasteiger charge is -2.49. The molecular weight excluding hydrogens is 608 g/mol. The van der Waals surface area contributed by atoms with Crippen molar-refractivity contribution < 1.29 is 83.9 Å². The van der Waals surface area contributed by atoms with E-state index in [1.54, 1.807) is 13.8 Å². The maximum absolute atomic E-state index is 11.2. The molecule has 4 rings (SSSR count). The smallest absolute Gasteiger partial charge is 0.187 e. The summed E-state index contributed by atoms with van der Waals surface area (Å²) in [6.45, 7) is 7.98. The Morgan fingerprint density at radius 3 is 1.62 bits per heavy atom. The van der Waals surface area contributed by atoms with E-state index >= 15 is 0 Å². The molecule has 0 aromatic carbocycles. The van der Waals surface area contributed by atoms with Crippen LogP contribution in [0.5, 0.6) is 0 Å². The van der Waals surface area contributed by atoms with Gasteiger partial charge in [-0.3, -0.25) is 0 Å². The van der Waals surface area contributed by atoms with E-state index in [0.29, 0.717) is 6.61 Å². The fourth-order valence-electron chi connectivity index (χ4n) is 5.95. The van der Waals surface area contributed by atoms with E-state index in [0.717, 1.165) is 6.42 Å². The zero-order chi connectivity index (χ0) is 33.3. The van der Waals surface area contributed by atoms with Crippen molar-refractivity contribution in [3.05, 3.63) is 0 Å². The predicted molar refractivity (Wildman–Crippen MR) is 147 cm³/mol. The van der Waals surface area contributed by atoms with Gasteiger partial charge in [0, 0.05) is 12.5 Å². The predicted octanol–water partition coefficient (Wildman–Crippen LogP) is -3.96. The molecule has 45 heavy (non-hydrogen) atoms. The van der Waals surface area contributed by atoms with Gasteiger partial charge in [-0.15, -0.1) is 0 Å². The largest absolute Gasteiger partial charge is 0.394 e. The Kier molecular flexibility index (Phi) is 13.0. The molecule has 0 aliphatic carbocycles. The summed E-state index contributed by atoms with van der Waals surface area (Å²) in [6, 6.07) is 0. The third-order valence-corrected chi connectivity index (χ3v) is 8.89. The van der Waals surface area contributed by atoms with Crippen LogP contribution < -0.4 is 0 Å². The highest BCUT2D eigenvalue weighted by Gasteiger charge is 2.54. The van der Waals surface area contributed by atoms with Gasteiger partial charge in [-0.05, 0) is 27.2 Å². The Bertz CT molecular complexity index is 914. The summed E-state index contributed by atoms with van der Waals surface area (Å²) >= 11 is 0. The first-order chi connectivity index (χ1) is 21.2. The van der Waals surface area contributed by atoms with E-state index < -0.39 is 129 Å². The van der Waals surface area contributed by atoms with Crippen molar-refractivity contribution >= 4 is 0 Å². The minimum absolute atomic E-state index is 0.408. The van der Waals surface area contributed by atoms with E-state index in [4.69, 9.17) is 37.9 Å². The molecule has 17 nitrogen and oxygen atoms in total. The Balaban J connectivity index is 1.53. The first-order valence-electron chi connectivity index (χ1n) is 15.5. The summed E-state index contributed by atoms with van der Waals surface area (Å²) in [4.78, 5) is 0. The molecule has 0 aromatic heterocycles. The van der Waals surface area contributed by atoms with Gasteiger partial charge >= 0.3 is 0 Å². The SMILES string of the molecule is CCCO[C@@H]1OC(C)[C@H](O)[C@@H](O[C@@H]2OC(C)[C@H](O)[C@@H](O)C2O[C@@H]2OC(C)[C@H](O)[C@@H](O[C@H]3O[C@H](CO)[C@@H](O)C(O)C3O)C2O)C1C. The minimum Gasteiger partial charge on any atom is -0.394 e. The number of aliphatic hydroxyl groups is 9. The van der Waals surface area contributed by atoms with Crippen molar-refractivity contribution in [3.8, 4) is 0 Å². The zero-order valence-corrected chi connectivity index (χ0v) is 26.0. The van der Waals surface area contributed by atoms with Gasteiger partial charge in [0.25, 0.3) is 0 Å². The van der Waals surface area contributed by atoms with E-state index in [-0.39, 0.29) is 0 Å². The number of ether oxygens (including phenoxy) is 8. The molecule has 17 heteroatoms. The molecule has 0 amide bonds. The lowest BCUT2D eigenvalue weighted by Crippen LogP contribution is -2.66. The van der Waals surface area contributed by atoms with Crippen LogP contribution in [0.4, 0.5) is 0 Å². The average Bonchev–Trinajstić information content (AvgIpc) is 3.01. The second-order valence-corrected chi connectivity index (χ2v) is 12.3. The van der Waals surface area contributed by atoms with Crippen LogP contribution >= 0.6 is 0 Å². The Hall–Kier alpha value is -0.680. The molecule has 9 N–H and O–H groups in total. The van der Waals surface area contributed by atoms with E-state index in [1.807, 2.05) is 6.92 Å². The van der Waals surface area contributed by atoms with Gasteiger partial charge in [0.2, 0.25) is 0 Å². The number of rotatable bonds is 10. The van der Waals surface area contributed by atoms with Gasteiger partial charge in [-0.2, -0.15) is 0 Å². The molecule has 0 spiro atoms. The molecule has 0 radical (unpaired) electrons. The number of hydrogen-bond donors (Lipinski definition) is 9. The highest BCUT2D eigenvalue weighted by atomic mass is 16.8. The van der Waals surface area contributed by atoms with E-state index in [9.17, 15) is 46.0 Å². The summed E-state index contributed by atoms with van der Waals surface area (Å²) in [6.07, 6.45) is -25.5. The van der Waals surface area contributed by atoms with Gasteiger partial charge < -0.3 is 83.9 Å². The first kappa shape index (κ1) is 37.1. The molecule has 20 atom stereocenters. The second-order valence-electron chi connectivity index (χ2n) is 12.3. The maximum Gasteiger partial charge on any atom is 0.187 e. The van der Waals surface area contributed by atoms with Crippen molar-refractivity contribution in [2.24, 2.45) is 5.92 Å². The normalized spacial score (nSPS) is 52.9. The lowest BCUT2D eigenvalue weighted by molar-refractivity contribution is -0.391. The molecule has 0 aromatic rings. The third kappa shape index (κ3) is 7.81. The van der Waals surface area contributed by atoms with Gasteiger partial charge in [0.05, 0.1) is 31.0 Å². The summed E-state index contributed by atoms with van der Waals surface area (Å²) in [7, 11) is 0. The maximum atomic E-state index is 11.2. The molecular formula is C28H50O17. The Morgan fingerprint density at radius 2 is 1.00 bits per heavy atom. The van der Waals surface area contributed by atoms with E-state index in [1.165, 1.54) is 13.8 Å². The van der Waals surface area contributed by atoms with Crippen LogP contribution in [-0.4, -0.2) is 176 Å². The Labute approximate surface area is 261 Å². The quantitative estimate of drug-likeness (QED) is 0.109. The monoisotopic (exact) mass is 658 g/mol. The van der Waals surface area contributed by atoms with Crippen molar-refractivity contribution in [3.63, 3.8) is 0 Å². The summed E-state index contributed by atoms with van der Waals surface area (Å²) in [5.74, 6) is -0.505. The molecule has 4 fully saturated rings. The van der Waals surface area contributed by atoms with Crippen LogP contribution in [0.1, 0.15) is 41.0 Å². The van der Waals surface area contributed by atoms with Crippen molar-refractivity contribution in [2.75, 3.05) is 13.2 Å². The number of aliphatic hydroxyl groups excluding tert-OH is 9. The molecule has 0 bridgehead atoms. The van der Waals surface area contributed by atoms with Crippen LogP contribution in [0.25, 0.3) is 0 Å². The van der Waals surface area contributed by atoms with Crippen LogP contribution in [0.3, 0.4) is 0 Å². The second kappa shape index (κ2) is 15.7. The molecule has 4 aliphatic rings. The van der Waals surface area contributed by atoms with Gasteiger partial charge in [-0.25, -0.2) is 0 Å². The molecule has 8 unspecified atom stereocenters. The molecule has 4 saturated heterocycles. The molecule has 0 saturated carbocycles. The fourth-order valence-corrected chi connectivity index (χ4v) is 5.95.